The van der Waals surface area contributed by atoms with Crippen LogP contribution in [0.1, 0.15) is 27.7 Å². The second-order valence-electron chi connectivity index (χ2n) is 4.99. The zero-order chi connectivity index (χ0) is 14.9. The van der Waals surface area contributed by atoms with Crippen LogP contribution in [0, 0.1) is 0 Å². The molecule has 0 aliphatic rings. The monoisotopic (exact) mass is 269 g/mol. The quantitative estimate of drug-likeness (QED) is 0.437. The zero-order valence-corrected chi connectivity index (χ0v) is 12.1. The van der Waals surface area contributed by atoms with E-state index in [2.05, 4.69) is 11.9 Å². The number of hydrogen-bond donors (Lipinski definition) is 1. The number of carbonyl (C=O) groups excluding carboxylic acids is 2. The third-order valence-electron chi connectivity index (χ3n) is 1.96. The minimum Gasteiger partial charge on any atom is -0.444 e. The van der Waals surface area contributed by atoms with Crippen LogP contribution in [-0.4, -0.2) is 37.2 Å². The van der Waals surface area contributed by atoms with Gasteiger partial charge in [0.05, 0.1) is 6.61 Å². The molecule has 5 heteroatoms. The van der Waals surface area contributed by atoms with E-state index in [-0.39, 0.29) is 19.0 Å². The third kappa shape index (κ3) is 10.0. The Labute approximate surface area is 114 Å². The van der Waals surface area contributed by atoms with Crippen molar-refractivity contribution >= 4 is 11.9 Å². The molecule has 1 amide bonds. The van der Waals surface area contributed by atoms with Crippen LogP contribution in [-0.2, 0) is 14.3 Å². The number of amides is 1. The summed E-state index contributed by atoms with van der Waals surface area (Å²) in [5, 5.41) is 2.54. The normalized spacial score (nSPS) is 11.9. The highest BCUT2D eigenvalue weighted by atomic mass is 16.6. The second-order valence-corrected chi connectivity index (χ2v) is 4.99. The molecular formula is C14H23NO4. The minimum absolute atomic E-state index is 0.00777. The molecule has 0 spiro atoms. The van der Waals surface area contributed by atoms with Gasteiger partial charge in [-0.3, -0.25) is 4.79 Å². The molecule has 0 bridgehead atoms. The van der Waals surface area contributed by atoms with Gasteiger partial charge in [0.25, 0.3) is 0 Å². The summed E-state index contributed by atoms with van der Waals surface area (Å²) in [6, 6.07) is 0. The lowest BCUT2D eigenvalue weighted by atomic mass is 10.2. The molecule has 0 atom stereocenters. The number of ketones is 1. The Kier molecular flexibility index (Phi) is 7.75. The summed E-state index contributed by atoms with van der Waals surface area (Å²) in [6.45, 7) is 11.1. The Bertz CT molecular complexity index is 353. The van der Waals surface area contributed by atoms with Gasteiger partial charge in [0, 0.05) is 6.54 Å². The summed E-state index contributed by atoms with van der Waals surface area (Å²) < 4.78 is 10.2. The molecule has 0 saturated heterocycles. The smallest absolute Gasteiger partial charge is 0.407 e. The highest BCUT2D eigenvalue weighted by Gasteiger charge is 2.15. The largest absolute Gasteiger partial charge is 0.444 e. The van der Waals surface area contributed by atoms with E-state index in [4.69, 9.17) is 9.47 Å². The van der Waals surface area contributed by atoms with Gasteiger partial charge >= 0.3 is 6.09 Å². The summed E-state index contributed by atoms with van der Waals surface area (Å²) in [5.41, 5.74) is 0.0724. The van der Waals surface area contributed by atoms with Crippen LogP contribution < -0.4 is 5.32 Å². The molecule has 1 N–H and O–H groups in total. The van der Waals surface area contributed by atoms with Crippen molar-refractivity contribution in [2.24, 2.45) is 0 Å². The minimum atomic E-state index is -0.520. The fraction of sp³-hybridized carbons (Fsp3) is 0.571. The van der Waals surface area contributed by atoms with Crippen LogP contribution in [0.2, 0.25) is 0 Å². The van der Waals surface area contributed by atoms with E-state index < -0.39 is 11.7 Å². The van der Waals surface area contributed by atoms with E-state index in [0.717, 1.165) is 0 Å². The van der Waals surface area contributed by atoms with Crippen molar-refractivity contribution in [2.45, 2.75) is 33.3 Å². The maximum Gasteiger partial charge on any atom is 0.407 e. The van der Waals surface area contributed by atoms with Crippen molar-refractivity contribution in [3.63, 3.8) is 0 Å². The Morgan fingerprint density at radius 3 is 2.47 bits per heavy atom. The van der Waals surface area contributed by atoms with Crippen LogP contribution in [0.15, 0.2) is 24.3 Å². The van der Waals surface area contributed by atoms with Crippen LogP contribution in [0.5, 0.6) is 0 Å². The number of allylic oxidation sites excluding steroid dienone is 2. The molecule has 0 aliphatic heterocycles. The van der Waals surface area contributed by atoms with Gasteiger partial charge in [0.2, 0.25) is 0 Å². The van der Waals surface area contributed by atoms with Gasteiger partial charge < -0.3 is 14.8 Å². The van der Waals surface area contributed by atoms with Crippen LogP contribution in [0.4, 0.5) is 4.79 Å². The van der Waals surface area contributed by atoms with Crippen molar-refractivity contribution in [2.75, 3.05) is 19.8 Å². The first-order chi connectivity index (χ1) is 8.76. The molecule has 108 valence electrons. The average molecular weight is 269 g/mol. The topological polar surface area (TPSA) is 64.6 Å². The molecule has 19 heavy (non-hydrogen) atoms. The lowest BCUT2D eigenvalue weighted by molar-refractivity contribution is -0.119. The highest BCUT2D eigenvalue weighted by molar-refractivity contribution is 5.96. The Morgan fingerprint density at radius 2 is 1.95 bits per heavy atom. The van der Waals surface area contributed by atoms with E-state index in [1.54, 1.807) is 39.8 Å². The summed E-state index contributed by atoms with van der Waals surface area (Å²) in [7, 11) is 0. The summed E-state index contributed by atoms with van der Waals surface area (Å²) in [5.74, 6) is -0.0998. The average Bonchev–Trinajstić information content (AvgIpc) is 2.26. The summed E-state index contributed by atoms with van der Waals surface area (Å²) >= 11 is 0. The fourth-order valence-corrected chi connectivity index (χ4v) is 1.09. The van der Waals surface area contributed by atoms with Crippen molar-refractivity contribution in [3.05, 3.63) is 24.3 Å². The molecule has 0 aliphatic carbocycles. The van der Waals surface area contributed by atoms with Gasteiger partial charge in [-0.05, 0) is 33.3 Å². The van der Waals surface area contributed by atoms with E-state index in [0.29, 0.717) is 12.1 Å². The maximum absolute atomic E-state index is 11.5. The number of nitrogens with one attached hydrogen (secondary N) is 1. The molecule has 5 nitrogen and oxygen atoms in total. The molecule has 0 fully saturated rings. The van der Waals surface area contributed by atoms with Crippen molar-refractivity contribution < 1.29 is 19.1 Å². The van der Waals surface area contributed by atoms with Gasteiger partial charge in [0.15, 0.2) is 5.78 Å². The van der Waals surface area contributed by atoms with Gasteiger partial charge in [-0.2, -0.15) is 0 Å². The molecule has 0 rings (SSSR count). The van der Waals surface area contributed by atoms with E-state index in [9.17, 15) is 9.59 Å². The van der Waals surface area contributed by atoms with Crippen molar-refractivity contribution in [3.8, 4) is 0 Å². The highest BCUT2D eigenvalue weighted by Crippen LogP contribution is 2.06. The first-order valence-corrected chi connectivity index (χ1v) is 6.13. The first kappa shape index (κ1) is 17.4. The number of rotatable bonds is 7. The van der Waals surface area contributed by atoms with E-state index in [1.807, 2.05) is 0 Å². The Morgan fingerprint density at radius 1 is 1.32 bits per heavy atom. The maximum atomic E-state index is 11.5. The SMILES string of the molecule is C=C/C=C(\C)C(=O)COCCNC(=O)OC(C)(C)C. The molecule has 0 aromatic heterocycles. The number of ether oxygens (including phenoxy) is 2. The van der Waals surface area contributed by atoms with Crippen molar-refractivity contribution in [1.29, 1.82) is 0 Å². The lowest BCUT2D eigenvalue weighted by Crippen LogP contribution is -2.34. The summed E-state index contributed by atoms with van der Waals surface area (Å²) in [4.78, 5) is 22.7. The molecule has 0 heterocycles. The van der Waals surface area contributed by atoms with E-state index in [1.165, 1.54) is 0 Å². The molecule has 0 saturated carbocycles. The van der Waals surface area contributed by atoms with Crippen molar-refractivity contribution in [1.82, 2.24) is 5.32 Å². The second kappa shape index (κ2) is 8.48. The van der Waals surface area contributed by atoms with Crippen LogP contribution in [0.25, 0.3) is 0 Å². The number of Topliss-reactive ketones (excluding diaryl/α,β-unsaturated/α-hetero) is 1. The number of carbonyl (C=O) groups is 2. The molecule has 0 radical (unpaired) electrons. The summed E-state index contributed by atoms with van der Waals surface area (Å²) in [6.07, 6.45) is 2.69. The predicted octanol–water partition coefficient (Wildman–Crippen LogP) is 2.23. The van der Waals surface area contributed by atoms with Gasteiger partial charge in [0.1, 0.15) is 12.2 Å². The van der Waals surface area contributed by atoms with Gasteiger partial charge in [-0.1, -0.05) is 18.7 Å². The molecule has 0 unspecified atom stereocenters. The van der Waals surface area contributed by atoms with Gasteiger partial charge in [-0.25, -0.2) is 4.79 Å². The Balaban J connectivity index is 3.72. The third-order valence-corrected chi connectivity index (χ3v) is 1.96. The number of hydrogen-bond acceptors (Lipinski definition) is 4. The lowest BCUT2D eigenvalue weighted by Gasteiger charge is -2.19. The predicted molar refractivity (Wildman–Crippen MR) is 74.0 cm³/mol. The van der Waals surface area contributed by atoms with Crippen LogP contribution in [0.3, 0.4) is 0 Å². The van der Waals surface area contributed by atoms with E-state index >= 15 is 0 Å². The first-order valence-electron chi connectivity index (χ1n) is 6.13. The standard InChI is InChI=1S/C14H23NO4/c1-6-7-11(2)12(16)10-18-9-8-15-13(17)19-14(3,4)5/h6-7H,1,8-10H2,2-5H3,(H,15,17)/b11-7+. The fourth-order valence-electron chi connectivity index (χ4n) is 1.09. The molecule has 0 aromatic rings. The van der Waals surface area contributed by atoms with Crippen LogP contribution >= 0.6 is 0 Å². The van der Waals surface area contributed by atoms with Gasteiger partial charge in [-0.15, -0.1) is 0 Å². The zero-order valence-electron chi connectivity index (χ0n) is 12.1. The Hall–Kier alpha value is -1.62. The number of alkyl carbamates (subject to hydrolysis) is 1. The molecule has 0 aromatic carbocycles. The molecular weight excluding hydrogens is 246 g/mol.